The maximum atomic E-state index is 14.8. The number of rotatable bonds is 2. The first-order valence-corrected chi connectivity index (χ1v) is 7.85. The van der Waals surface area contributed by atoms with E-state index < -0.39 is 24.0 Å². The minimum Gasteiger partial charge on any atom is -0.398 e. The highest BCUT2D eigenvalue weighted by Gasteiger charge is 2.53. The molecule has 0 radical (unpaired) electrons. The number of aromatic nitrogens is 2. The van der Waals surface area contributed by atoms with Crippen molar-refractivity contribution in [1.29, 1.82) is 0 Å². The van der Waals surface area contributed by atoms with Crippen molar-refractivity contribution in [3.63, 3.8) is 0 Å². The highest BCUT2D eigenvalue weighted by Crippen LogP contribution is 2.40. The lowest BCUT2D eigenvalue weighted by Gasteiger charge is -2.32. The summed E-state index contributed by atoms with van der Waals surface area (Å²) in [6.45, 7) is 9.26. The van der Waals surface area contributed by atoms with Gasteiger partial charge in [-0.3, -0.25) is 0 Å². The van der Waals surface area contributed by atoms with E-state index in [0.29, 0.717) is 21.9 Å². The van der Waals surface area contributed by atoms with Crippen LogP contribution in [0, 0.1) is 0 Å². The highest BCUT2D eigenvalue weighted by atomic mass is 35.5. The highest BCUT2D eigenvalue weighted by molar-refractivity contribution is 6.55. The molecule has 23 heavy (non-hydrogen) atoms. The summed E-state index contributed by atoms with van der Waals surface area (Å²) < 4.78 is 26.4. The number of hydrogen-bond donors (Lipinski definition) is 1. The summed E-state index contributed by atoms with van der Waals surface area (Å²) in [5, 5.41) is 1.37. The number of fused-ring (bicyclic) bond motifs is 1. The zero-order valence-corrected chi connectivity index (χ0v) is 14.6. The second-order valence-electron chi connectivity index (χ2n) is 6.84. The zero-order chi connectivity index (χ0) is 17.0. The van der Waals surface area contributed by atoms with Gasteiger partial charge in [-0.2, -0.15) is 0 Å². The lowest BCUT2D eigenvalue weighted by atomic mass is 9.84. The molecular formula is C16H19BClFN2O2. The topological polar surface area (TPSA) is 47.1 Å². The van der Waals surface area contributed by atoms with Crippen LogP contribution >= 0.6 is 11.6 Å². The molecule has 1 aliphatic heterocycles. The minimum atomic E-state index is -1.01. The van der Waals surface area contributed by atoms with Crippen molar-refractivity contribution in [3.05, 3.63) is 34.8 Å². The maximum Gasteiger partial charge on any atom is 0.525 e. The Morgan fingerprint density at radius 3 is 2.43 bits per heavy atom. The van der Waals surface area contributed by atoms with E-state index in [1.165, 1.54) is 0 Å². The van der Waals surface area contributed by atoms with Crippen molar-refractivity contribution in [2.45, 2.75) is 45.8 Å². The van der Waals surface area contributed by atoms with Crippen LogP contribution in [0.4, 0.5) is 4.39 Å². The number of H-pyrrole nitrogens is 1. The molecular weight excluding hydrogens is 317 g/mol. The molecule has 0 atom stereocenters. The molecule has 0 saturated carbocycles. The third-order valence-corrected chi connectivity index (χ3v) is 4.87. The average Bonchev–Trinajstić information content (AvgIpc) is 2.95. The van der Waals surface area contributed by atoms with Gasteiger partial charge in [0.1, 0.15) is 11.4 Å². The molecule has 0 amide bonds. The molecule has 4 nitrogen and oxygen atoms in total. The first-order valence-electron chi connectivity index (χ1n) is 7.47. The van der Waals surface area contributed by atoms with E-state index in [1.54, 1.807) is 19.2 Å². The lowest BCUT2D eigenvalue weighted by Crippen LogP contribution is -2.41. The van der Waals surface area contributed by atoms with Gasteiger partial charge in [0.2, 0.25) is 0 Å². The van der Waals surface area contributed by atoms with Crippen LogP contribution in [0.1, 0.15) is 40.3 Å². The van der Waals surface area contributed by atoms with Gasteiger partial charge in [-0.1, -0.05) is 11.6 Å². The van der Waals surface area contributed by atoms with Gasteiger partial charge in [0.05, 0.1) is 16.2 Å². The average molecular weight is 337 g/mol. The molecule has 0 spiro atoms. The molecule has 1 fully saturated rings. The quantitative estimate of drug-likeness (QED) is 0.819. The molecule has 1 saturated heterocycles. The number of pyridine rings is 1. The van der Waals surface area contributed by atoms with Crippen LogP contribution < -0.4 is 0 Å². The third-order valence-electron chi connectivity index (χ3n) is 4.66. The monoisotopic (exact) mass is 336 g/mol. The number of allylic oxidation sites excluding steroid dienone is 1. The van der Waals surface area contributed by atoms with E-state index in [0.717, 1.165) is 5.39 Å². The zero-order valence-electron chi connectivity index (χ0n) is 13.8. The molecule has 0 bridgehead atoms. The molecule has 3 heterocycles. The Labute approximate surface area is 140 Å². The Morgan fingerprint density at radius 2 is 1.83 bits per heavy atom. The van der Waals surface area contributed by atoms with Crippen LogP contribution in [-0.2, 0) is 9.31 Å². The van der Waals surface area contributed by atoms with E-state index in [1.807, 2.05) is 33.8 Å². The second kappa shape index (κ2) is 5.33. The third kappa shape index (κ3) is 2.79. The smallest absolute Gasteiger partial charge is 0.398 e. The summed E-state index contributed by atoms with van der Waals surface area (Å²) in [4.78, 5) is 7.28. The summed E-state index contributed by atoms with van der Waals surface area (Å²) in [5.74, 6) is 0. The SMILES string of the molecule is CC(=C(F)B1OC(C)(C)C(C)(C)O1)c1cc2cc(Cl)cnc2[nH]1. The Balaban J connectivity index is 1.96. The van der Waals surface area contributed by atoms with Gasteiger partial charge in [-0.25, -0.2) is 9.37 Å². The molecule has 3 rings (SSSR count). The number of aromatic amines is 1. The first kappa shape index (κ1) is 16.5. The van der Waals surface area contributed by atoms with Crippen LogP contribution in [-0.4, -0.2) is 28.3 Å². The molecule has 0 unspecified atom stereocenters. The minimum absolute atomic E-state index is 0.428. The molecule has 0 aliphatic carbocycles. The van der Waals surface area contributed by atoms with Gasteiger partial charge >= 0.3 is 7.12 Å². The number of nitrogens with one attached hydrogen (secondary N) is 1. The standard InChI is InChI=1S/C16H19BClFN2O2/c1-9(12-7-10-6-11(18)8-20-14(10)21-12)13(19)17-22-15(2,3)16(4,5)23-17/h6-8H,1-5H3,(H,20,21). The fourth-order valence-electron chi connectivity index (χ4n) is 2.44. The van der Waals surface area contributed by atoms with E-state index in [9.17, 15) is 4.39 Å². The summed E-state index contributed by atoms with van der Waals surface area (Å²) in [6.07, 6.45) is 1.55. The van der Waals surface area contributed by atoms with Crippen molar-refractivity contribution in [2.75, 3.05) is 0 Å². The summed E-state index contributed by atoms with van der Waals surface area (Å²) in [6, 6.07) is 3.60. The lowest BCUT2D eigenvalue weighted by molar-refractivity contribution is 0.00578. The van der Waals surface area contributed by atoms with Gasteiger partial charge in [0, 0.05) is 22.9 Å². The molecule has 7 heteroatoms. The van der Waals surface area contributed by atoms with Crippen molar-refractivity contribution >= 4 is 35.3 Å². The van der Waals surface area contributed by atoms with Gasteiger partial charge in [-0.05, 0) is 46.8 Å². The van der Waals surface area contributed by atoms with Crippen molar-refractivity contribution in [3.8, 4) is 0 Å². The Morgan fingerprint density at radius 1 is 1.22 bits per heavy atom. The predicted molar refractivity (Wildman–Crippen MR) is 90.9 cm³/mol. The summed E-state index contributed by atoms with van der Waals surface area (Å²) in [7, 11) is -1.01. The fourth-order valence-corrected chi connectivity index (χ4v) is 2.61. The Bertz CT molecular complexity index is 784. The number of nitrogens with zero attached hydrogens (tertiary/aromatic N) is 1. The van der Waals surface area contributed by atoms with Crippen LogP contribution in [0.3, 0.4) is 0 Å². The molecule has 0 aromatic carbocycles. The Hall–Kier alpha value is -1.37. The maximum absolute atomic E-state index is 14.8. The molecule has 2 aromatic heterocycles. The van der Waals surface area contributed by atoms with E-state index >= 15 is 0 Å². The first-order chi connectivity index (χ1) is 10.6. The van der Waals surface area contributed by atoms with E-state index in [-0.39, 0.29) is 0 Å². The van der Waals surface area contributed by atoms with Crippen molar-refractivity contribution in [1.82, 2.24) is 9.97 Å². The largest absolute Gasteiger partial charge is 0.525 e. The summed E-state index contributed by atoms with van der Waals surface area (Å²) >= 11 is 5.93. The van der Waals surface area contributed by atoms with Crippen LogP contribution in [0.25, 0.3) is 16.6 Å². The van der Waals surface area contributed by atoms with Gasteiger partial charge in [0.25, 0.3) is 0 Å². The van der Waals surface area contributed by atoms with Gasteiger partial charge in [0.15, 0.2) is 0 Å². The van der Waals surface area contributed by atoms with Crippen molar-refractivity contribution < 1.29 is 13.7 Å². The van der Waals surface area contributed by atoms with Crippen LogP contribution in [0.15, 0.2) is 24.1 Å². The van der Waals surface area contributed by atoms with Crippen molar-refractivity contribution in [2.24, 2.45) is 0 Å². The van der Waals surface area contributed by atoms with Gasteiger partial charge < -0.3 is 14.3 Å². The number of hydrogen-bond acceptors (Lipinski definition) is 3. The van der Waals surface area contributed by atoms with E-state index in [2.05, 4.69) is 9.97 Å². The predicted octanol–water partition coefficient (Wildman–Crippen LogP) is 4.55. The number of halogens is 2. The molecule has 1 N–H and O–H groups in total. The normalized spacial score (nSPS) is 20.9. The van der Waals surface area contributed by atoms with Gasteiger partial charge in [-0.15, -0.1) is 0 Å². The molecule has 2 aromatic rings. The fraction of sp³-hybridized carbons (Fsp3) is 0.438. The van der Waals surface area contributed by atoms with E-state index in [4.69, 9.17) is 20.9 Å². The molecule has 122 valence electrons. The molecule has 1 aliphatic rings. The summed E-state index contributed by atoms with van der Waals surface area (Å²) in [5.41, 5.74) is 0.113. The second-order valence-corrected chi connectivity index (χ2v) is 7.27. The van der Waals surface area contributed by atoms with Crippen LogP contribution in [0.5, 0.6) is 0 Å². The Kier molecular flexibility index (Phi) is 3.82. The van der Waals surface area contributed by atoms with Crippen LogP contribution in [0.2, 0.25) is 5.02 Å².